The van der Waals surface area contributed by atoms with Crippen LogP contribution in [0.2, 0.25) is 0 Å². The van der Waals surface area contributed by atoms with Gasteiger partial charge >= 0.3 is 0 Å². The summed E-state index contributed by atoms with van der Waals surface area (Å²) in [5, 5.41) is 7.10. The summed E-state index contributed by atoms with van der Waals surface area (Å²) in [6.45, 7) is 5.11. The molecule has 0 fully saturated rings. The van der Waals surface area contributed by atoms with Gasteiger partial charge in [-0.1, -0.05) is 13.8 Å². The molecule has 2 rings (SSSR count). The third-order valence-corrected chi connectivity index (χ3v) is 3.14. The highest BCUT2D eigenvalue weighted by atomic mass is 16.1. The highest BCUT2D eigenvalue weighted by molar-refractivity contribution is 5.94. The van der Waals surface area contributed by atoms with E-state index in [9.17, 15) is 4.79 Å². The normalized spacial score (nSPS) is 10.8. The van der Waals surface area contributed by atoms with Gasteiger partial charge < -0.3 is 5.32 Å². The van der Waals surface area contributed by atoms with Crippen LogP contribution in [-0.2, 0) is 0 Å². The lowest BCUT2D eigenvalue weighted by Crippen LogP contribution is -2.24. The van der Waals surface area contributed by atoms with Gasteiger partial charge in [-0.05, 0) is 49.1 Å². The molecule has 0 aliphatic heterocycles. The van der Waals surface area contributed by atoms with Crippen molar-refractivity contribution >= 4 is 5.91 Å². The number of rotatable bonds is 6. The summed E-state index contributed by atoms with van der Waals surface area (Å²) in [7, 11) is 0. The predicted octanol–water partition coefficient (Wildman–Crippen LogP) is 3.04. The maximum Gasteiger partial charge on any atom is 0.251 e. The minimum Gasteiger partial charge on any atom is -0.352 e. The molecule has 0 bridgehead atoms. The first-order chi connectivity index (χ1) is 9.66. The van der Waals surface area contributed by atoms with Crippen LogP contribution in [0.3, 0.4) is 0 Å². The molecule has 1 aromatic heterocycles. The van der Waals surface area contributed by atoms with E-state index in [-0.39, 0.29) is 5.91 Å². The molecule has 1 heterocycles. The van der Waals surface area contributed by atoms with Crippen molar-refractivity contribution < 1.29 is 4.79 Å². The molecule has 20 heavy (non-hydrogen) atoms. The van der Waals surface area contributed by atoms with Crippen LogP contribution in [-0.4, -0.2) is 22.2 Å². The highest BCUT2D eigenvalue weighted by Crippen LogP contribution is 2.09. The molecule has 0 radical (unpaired) electrons. The molecule has 0 aliphatic rings. The Bertz CT molecular complexity index is 529. The molecule has 2 aromatic rings. The van der Waals surface area contributed by atoms with Gasteiger partial charge in [0.05, 0.1) is 5.69 Å². The smallest absolute Gasteiger partial charge is 0.251 e. The van der Waals surface area contributed by atoms with E-state index in [1.165, 1.54) is 0 Å². The Morgan fingerprint density at radius 1 is 1.30 bits per heavy atom. The summed E-state index contributed by atoms with van der Waals surface area (Å²) in [6.07, 6.45) is 5.77. The molecule has 1 N–H and O–H groups in total. The number of amides is 1. The second-order valence-corrected chi connectivity index (χ2v) is 5.29. The van der Waals surface area contributed by atoms with E-state index < -0.39 is 0 Å². The van der Waals surface area contributed by atoms with Gasteiger partial charge in [0.15, 0.2) is 0 Å². The minimum atomic E-state index is -0.0132. The van der Waals surface area contributed by atoms with Crippen molar-refractivity contribution in [1.29, 1.82) is 0 Å². The monoisotopic (exact) mass is 271 g/mol. The number of hydrogen-bond donors (Lipinski definition) is 1. The van der Waals surface area contributed by atoms with E-state index in [0.29, 0.717) is 11.5 Å². The fourth-order valence-electron chi connectivity index (χ4n) is 2.00. The van der Waals surface area contributed by atoms with Crippen LogP contribution in [0, 0.1) is 5.92 Å². The topological polar surface area (TPSA) is 46.9 Å². The predicted molar refractivity (Wildman–Crippen MR) is 80.0 cm³/mol. The van der Waals surface area contributed by atoms with Crippen LogP contribution in [0.4, 0.5) is 0 Å². The van der Waals surface area contributed by atoms with Crippen LogP contribution in [0.25, 0.3) is 5.69 Å². The van der Waals surface area contributed by atoms with E-state index >= 15 is 0 Å². The number of hydrogen-bond acceptors (Lipinski definition) is 2. The average Bonchev–Trinajstić information content (AvgIpc) is 2.97. The van der Waals surface area contributed by atoms with Crippen molar-refractivity contribution in [3.05, 3.63) is 48.3 Å². The zero-order valence-corrected chi connectivity index (χ0v) is 12.0. The summed E-state index contributed by atoms with van der Waals surface area (Å²) < 4.78 is 1.77. The zero-order chi connectivity index (χ0) is 14.4. The van der Waals surface area contributed by atoms with E-state index in [4.69, 9.17) is 0 Å². The Kier molecular flexibility index (Phi) is 4.93. The van der Waals surface area contributed by atoms with Crippen LogP contribution >= 0.6 is 0 Å². The van der Waals surface area contributed by atoms with Crippen LogP contribution < -0.4 is 5.32 Å². The molecule has 1 amide bonds. The van der Waals surface area contributed by atoms with Gasteiger partial charge in [0.25, 0.3) is 5.91 Å². The van der Waals surface area contributed by atoms with Crippen LogP contribution in [0.1, 0.15) is 37.0 Å². The summed E-state index contributed by atoms with van der Waals surface area (Å²) in [5.74, 6) is 0.668. The van der Waals surface area contributed by atoms with Gasteiger partial charge in [-0.15, -0.1) is 0 Å². The van der Waals surface area contributed by atoms with Crippen LogP contribution in [0.5, 0.6) is 0 Å². The van der Waals surface area contributed by atoms with E-state index in [1.54, 1.807) is 10.9 Å². The van der Waals surface area contributed by atoms with E-state index in [1.807, 2.05) is 36.5 Å². The van der Waals surface area contributed by atoms with Crippen LogP contribution in [0.15, 0.2) is 42.7 Å². The Labute approximate surface area is 119 Å². The average molecular weight is 271 g/mol. The van der Waals surface area contributed by atoms with Gasteiger partial charge in [0, 0.05) is 24.5 Å². The maximum absolute atomic E-state index is 12.0. The molecule has 4 nitrogen and oxygen atoms in total. The van der Waals surface area contributed by atoms with Crippen molar-refractivity contribution in [3.63, 3.8) is 0 Å². The fraction of sp³-hybridized carbons (Fsp3) is 0.375. The Hall–Kier alpha value is -2.10. The van der Waals surface area contributed by atoms with Gasteiger partial charge in [-0.3, -0.25) is 4.79 Å². The van der Waals surface area contributed by atoms with Crippen molar-refractivity contribution in [2.24, 2.45) is 5.92 Å². The number of nitrogens with zero attached hydrogens (tertiary/aromatic N) is 2. The molecule has 0 aliphatic carbocycles. The summed E-state index contributed by atoms with van der Waals surface area (Å²) in [6, 6.07) is 9.32. The molecule has 0 saturated heterocycles. The molecular formula is C16H21N3O. The molecular weight excluding hydrogens is 250 g/mol. The summed E-state index contributed by atoms with van der Waals surface area (Å²) >= 11 is 0. The molecule has 1 aromatic carbocycles. The molecule has 0 spiro atoms. The maximum atomic E-state index is 12.0. The largest absolute Gasteiger partial charge is 0.352 e. The third kappa shape index (κ3) is 3.95. The Morgan fingerprint density at radius 3 is 2.65 bits per heavy atom. The summed E-state index contributed by atoms with van der Waals surface area (Å²) in [4.78, 5) is 12.0. The fourth-order valence-corrected chi connectivity index (χ4v) is 2.00. The van der Waals surface area contributed by atoms with Gasteiger partial charge in [-0.25, -0.2) is 4.68 Å². The van der Waals surface area contributed by atoms with Crippen molar-refractivity contribution in [2.45, 2.75) is 26.7 Å². The first kappa shape index (κ1) is 14.3. The Morgan fingerprint density at radius 2 is 2.05 bits per heavy atom. The second-order valence-electron chi connectivity index (χ2n) is 5.29. The van der Waals surface area contributed by atoms with Gasteiger partial charge in [0.2, 0.25) is 0 Å². The number of nitrogens with one attached hydrogen (secondary N) is 1. The zero-order valence-electron chi connectivity index (χ0n) is 12.0. The summed E-state index contributed by atoms with van der Waals surface area (Å²) in [5.41, 5.74) is 1.64. The van der Waals surface area contributed by atoms with Crippen molar-refractivity contribution in [2.75, 3.05) is 6.54 Å². The lowest BCUT2D eigenvalue weighted by Gasteiger charge is -2.07. The number of carbonyl (C=O) groups excluding carboxylic acids is 1. The van der Waals surface area contributed by atoms with E-state index in [2.05, 4.69) is 24.3 Å². The molecule has 0 unspecified atom stereocenters. The lowest BCUT2D eigenvalue weighted by atomic mass is 10.1. The first-order valence-electron chi connectivity index (χ1n) is 7.05. The highest BCUT2D eigenvalue weighted by Gasteiger charge is 2.05. The number of benzene rings is 1. The number of carbonyl (C=O) groups is 1. The molecule has 4 heteroatoms. The van der Waals surface area contributed by atoms with Crippen molar-refractivity contribution in [3.8, 4) is 5.69 Å². The Balaban J connectivity index is 1.88. The van der Waals surface area contributed by atoms with Gasteiger partial charge in [0.1, 0.15) is 0 Å². The molecule has 0 saturated carbocycles. The van der Waals surface area contributed by atoms with Gasteiger partial charge in [-0.2, -0.15) is 5.10 Å². The number of aromatic nitrogens is 2. The second kappa shape index (κ2) is 6.89. The SMILES string of the molecule is CC(C)CCCNC(=O)c1ccc(-n2cccn2)cc1. The minimum absolute atomic E-state index is 0.0132. The lowest BCUT2D eigenvalue weighted by molar-refractivity contribution is 0.0952. The standard InChI is InChI=1S/C16H21N3O/c1-13(2)5-3-10-17-16(20)14-6-8-15(9-7-14)19-12-4-11-18-19/h4,6-9,11-13H,3,5,10H2,1-2H3,(H,17,20). The quantitative estimate of drug-likeness (QED) is 0.821. The third-order valence-electron chi connectivity index (χ3n) is 3.14. The molecule has 106 valence electrons. The molecule has 0 atom stereocenters. The van der Waals surface area contributed by atoms with E-state index in [0.717, 1.165) is 25.1 Å². The van der Waals surface area contributed by atoms with Crippen molar-refractivity contribution in [1.82, 2.24) is 15.1 Å². The first-order valence-corrected chi connectivity index (χ1v) is 7.05.